The first-order valence-electron chi connectivity index (χ1n) is 12.9. The highest BCUT2D eigenvalue weighted by atomic mass is 32.7. The number of H-pyrrole nitrogens is 1. The van der Waals surface area contributed by atoms with E-state index in [-0.39, 0.29) is 34.1 Å². The van der Waals surface area contributed by atoms with Gasteiger partial charge >= 0.3 is 13.5 Å². The van der Waals surface area contributed by atoms with Crippen LogP contribution in [0.1, 0.15) is 12.5 Å². The fourth-order valence-corrected chi connectivity index (χ4v) is 8.21. The van der Waals surface area contributed by atoms with E-state index >= 15 is 4.39 Å². The lowest BCUT2D eigenvalue weighted by atomic mass is 10.1. The van der Waals surface area contributed by atoms with Crippen LogP contribution in [0.5, 0.6) is 0 Å². The van der Waals surface area contributed by atoms with Crippen LogP contribution in [0.2, 0.25) is 0 Å². The number of imidazole rings is 2. The van der Waals surface area contributed by atoms with Gasteiger partial charge in [0.05, 0.1) is 25.9 Å². The number of thiol groups is 1. The highest BCUT2D eigenvalue weighted by Gasteiger charge is 2.53. The SMILES string of the molecule is Nc1nc2c(ncn2[C@@H]2OC3COP(=O)(S)O[C@H]4[C@@H](O)[C@H](n5cnc6c(N)ncnc65)O[C@@H]4COP(O)(=S)O[C@H]3[C@H]2F)c(=O)[nH]1. The number of aromatic nitrogens is 8. The highest BCUT2D eigenvalue weighted by Crippen LogP contribution is 2.58. The number of halogens is 1. The lowest BCUT2D eigenvalue weighted by Crippen LogP contribution is -2.38. The molecule has 3 saturated heterocycles. The van der Waals surface area contributed by atoms with E-state index < -0.39 is 81.4 Å². The Labute approximate surface area is 260 Å². The van der Waals surface area contributed by atoms with Crippen molar-refractivity contribution in [3.05, 3.63) is 29.3 Å². The third-order valence-corrected chi connectivity index (χ3v) is 10.5. The zero-order valence-electron chi connectivity index (χ0n) is 22.3. The molecule has 10 atom stereocenters. The quantitative estimate of drug-likeness (QED) is 0.115. The molecule has 7 N–H and O–H groups in total. The number of nitrogens with two attached hydrogens (primary N) is 2. The fourth-order valence-electron chi connectivity index (χ4n) is 5.28. The molecule has 25 heteroatoms. The van der Waals surface area contributed by atoms with Crippen LogP contribution in [0.4, 0.5) is 16.2 Å². The molecule has 4 aromatic rings. The lowest BCUT2D eigenvalue weighted by Gasteiger charge is -2.29. The van der Waals surface area contributed by atoms with Gasteiger partial charge in [0.15, 0.2) is 41.3 Å². The summed E-state index contributed by atoms with van der Waals surface area (Å²) in [6.45, 7) is -9.82. The van der Waals surface area contributed by atoms with Gasteiger partial charge in [-0.15, -0.1) is 0 Å². The van der Waals surface area contributed by atoms with Gasteiger partial charge in [0.25, 0.3) is 5.56 Å². The molecule has 4 aromatic heterocycles. The first-order valence-corrected chi connectivity index (χ1v) is 18.2. The predicted molar refractivity (Wildman–Crippen MR) is 156 cm³/mol. The monoisotopic (exact) mass is 708 g/mol. The van der Waals surface area contributed by atoms with Crippen LogP contribution in [0.15, 0.2) is 23.8 Å². The number of alkyl halides is 1. The molecule has 0 aromatic carbocycles. The first kappa shape index (κ1) is 31.0. The van der Waals surface area contributed by atoms with E-state index in [0.29, 0.717) is 0 Å². The van der Waals surface area contributed by atoms with Gasteiger partial charge in [0.1, 0.15) is 42.4 Å². The van der Waals surface area contributed by atoms with Crippen molar-refractivity contribution in [3.8, 4) is 0 Å². The molecule has 3 unspecified atom stereocenters. The van der Waals surface area contributed by atoms with Crippen molar-refractivity contribution >= 4 is 71.7 Å². The number of rotatable bonds is 2. The molecule has 3 aliphatic rings. The van der Waals surface area contributed by atoms with E-state index in [9.17, 15) is 19.4 Å². The Kier molecular flexibility index (Phi) is 7.74. The van der Waals surface area contributed by atoms with Crippen molar-refractivity contribution in [2.24, 2.45) is 0 Å². The summed E-state index contributed by atoms with van der Waals surface area (Å²) >= 11 is 9.20. The molecule has 3 aliphatic heterocycles. The zero-order chi connectivity index (χ0) is 31.8. The summed E-state index contributed by atoms with van der Waals surface area (Å²) in [4.78, 5) is 45.6. The molecule has 0 spiro atoms. The van der Waals surface area contributed by atoms with Gasteiger partial charge in [-0.3, -0.25) is 32.5 Å². The van der Waals surface area contributed by atoms with Crippen LogP contribution in [-0.2, 0) is 43.9 Å². The van der Waals surface area contributed by atoms with E-state index in [2.05, 4.69) is 42.2 Å². The van der Waals surface area contributed by atoms with Crippen LogP contribution < -0.4 is 17.0 Å². The standard InChI is InChI=1S/C20H23FN10O10P2S2/c21-8-12-6(38-18(8)31-5-27-10-16(31)28-20(23)29-17(10)33)1-36-43(35,45)41-13-7(2-37-42(34,44)40-12)39-19(11(13)32)30-4-26-9-14(22)24-3-25-15(9)30/h3-8,11-13,18-19,32H,1-2H2,(H,34,44)(H,35,45)(H2,22,24,25)(H3,23,28,29,33)/t6?,7-,8-,11-,12-,13-,18-,19-,42?,43?/m1/s1. The summed E-state index contributed by atoms with van der Waals surface area (Å²) in [5.74, 6) is -0.169. The molecule has 7 heterocycles. The molecule has 0 saturated carbocycles. The van der Waals surface area contributed by atoms with Crippen molar-refractivity contribution in [1.82, 2.24) is 39.0 Å². The number of ether oxygens (including phenoxy) is 2. The maximum absolute atomic E-state index is 16.0. The van der Waals surface area contributed by atoms with Gasteiger partial charge < -0.3 is 35.5 Å². The number of nitrogens with zero attached hydrogens (tertiary/aromatic N) is 7. The van der Waals surface area contributed by atoms with Crippen molar-refractivity contribution in [2.45, 2.75) is 49.1 Å². The summed E-state index contributed by atoms with van der Waals surface area (Å²) in [7, 11) is 0. The largest absolute Gasteiger partial charge is 0.386 e. The summed E-state index contributed by atoms with van der Waals surface area (Å²) in [6, 6.07) is 0. The van der Waals surface area contributed by atoms with E-state index in [1.54, 1.807) is 0 Å². The van der Waals surface area contributed by atoms with Crippen molar-refractivity contribution < 1.29 is 46.5 Å². The van der Waals surface area contributed by atoms with Gasteiger partial charge in [-0.2, -0.15) is 4.98 Å². The van der Waals surface area contributed by atoms with Gasteiger partial charge in [0.2, 0.25) is 5.95 Å². The second-order valence-corrected chi connectivity index (χ2v) is 15.8. The average Bonchev–Trinajstić information content (AvgIpc) is 3.72. The molecule has 0 bridgehead atoms. The maximum Gasteiger partial charge on any atom is 0.386 e. The molecule has 0 radical (unpaired) electrons. The molecule has 0 amide bonds. The summed E-state index contributed by atoms with van der Waals surface area (Å²) in [5.41, 5.74) is 11.0. The number of nitrogen functional groups attached to an aromatic ring is 2. The summed E-state index contributed by atoms with van der Waals surface area (Å²) < 4.78 is 65.7. The molecular weight excluding hydrogens is 685 g/mol. The molecular formula is C20H23FN10O10P2S2. The third kappa shape index (κ3) is 5.55. The number of aromatic amines is 1. The van der Waals surface area contributed by atoms with Gasteiger partial charge in [-0.05, 0) is 11.8 Å². The number of aliphatic hydroxyl groups is 1. The van der Waals surface area contributed by atoms with E-state index in [1.165, 1.54) is 17.2 Å². The normalized spacial score (nSPS) is 37.7. The van der Waals surface area contributed by atoms with Crippen molar-refractivity contribution in [1.29, 1.82) is 0 Å². The van der Waals surface area contributed by atoms with Crippen LogP contribution in [0.25, 0.3) is 22.3 Å². The Morgan fingerprint density at radius 1 is 1.00 bits per heavy atom. The number of anilines is 2. The number of nitrogens with one attached hydrogen (secondary N) is 1. The van der Waals surface area contributed by atoms with E-state index in [0.717, 1.165) is 10.9 Å². The Hall–Kier alpha value is -2.66. The van der Waals surface area contributed by atoms with E-state index in [4.69, 9.17) is 50.8 Å². The topological polar surface area (TPSA) is 272 Å². The highest BCUT2D eigenvalue weighted by molar-refractivity contribution is 8.44. The minimum atomic E-state index is -4.34. The molecule has 0 aliphatic carbocycles. The predicted octanol–water partition coefficient (Wildman–Crippen LogP) is -0.310. The molecule has 7 rings (SSSR count). The molecule has 242 valence electrons. The second-order valence-electron chi connectivity index (χ2n) is 10.1. The third-order valence-electron chi connectivity index (χ3n) is 7.28. The van der Waals surface area contributed by atoms with Crippen molar-refractivity contribution in [2.75, 3.05) is 24.7 Å². The van der Waals surface area contributed by atoms with E-state index in [1.807, 2.05) is 0 Å². The Bertz CT molecular complexity index is 1950. The van der Waals surface area contributed by atoms with Crippen LogP contribution >= 0.6 is 25.8 Å². The van der Waals surface area contributed by atoms with Crippen molar-refractivity contribution in [3.63, 3.8) is 0 Å². The Morgan fingerprint density at radius 3 is 2.44 bits per heavy atom. The zero-order valence-corrected chi connectivity index (χ0v) is 25.8. The lowest BCUT2D eigenvalue weighted by molar-refractivity contribution is -0.0574. The molecule has 20 nitrogen and oxygen atoms in total. The molecule has 3 fully saturated rings. The van der Waals surface area contributed by atoms with Gasteiger partial charge in [-0.1, -0.05) is 12.2 Å². The maximum atomic E-state index is 16.0. The number of aliphatic hydroxyl groups excluding tert-OH is 1. The second kappa shape index (κ2) is 11.2. The summed E-state index contributed by atoms with van der Waals surface area (Å²) in [5, 5.41) is 11.2. The smallest absolute Gasteiger partial charge is 0.386 e. The van der Waals surface area contributed by atoms with Gasteiger partial charge in [0, 0.05) is 0 Å². The van der Waals surface area contributed by atoms with Crippen LogP contribution in [0, 0.1) is 0 Å². The van der Waals surface area contributed by atoms with Gasteiger partial charge in [-0.25, -0.2) is 28.9 Å². The molecule has 45 heavy (non-hydrogen) atoms. The number of hydrogen-bond donors (Lipinski definition) is 6. The average molecular weight is 709 g/mol. The summed E-state index contributed by atoms with van der Waals surface area (Å²) in [6.07, 6.45) is -8.44. The number of hydrogen-bond acceptors (Lipinski definition) is 17. The fraction of sp³-hybridized carbons (Fsp3) is 0.500. The first-order chi connectivity index (χ1) is 21.3. The van der Waals surface area contributed by atoms with Crippen LogP contribution in [-0.4, -0.2) is 98.9 Å². The Balaban J connectivity index is 1.17. The Morgan fingerprint density at radius 2 is 1.67 bits per heavy atom. The number of fused-ring (bicyclic) bond motifs is 4. The van der Waals surface area contributed by atoms with Crippen LogP contribution in [0.3, 0.4) is 0 Å². The minimum absolute atomic E-state index is 0.0835. The minimum Gasteiger partial charge on any atom is -0.386 e.